The van der Waals surface area contributed by atoms with Gasteiger partial charge in [-0.05, 0) is 60.2 Å². The van der Waals surface area contributed by atoms with Gasteiger partial charge in [-0.15, -0.1) is 0 Å². The molecule has 132 valence electrons. The van der Waals surface area contributed by atoms with Crippen molar-refractivity contribution < 1.29 is 0 Å². The van der Waals surface area contributed by atoms with Gasteiger partial charge in [-0.3, -0.25) is 0 Å². The SMILES string of the molecule is O=c1n(-c2ccccc2)c(=O)n2n1[C@@H]1[C@H]3C4C5[C@@]16CCSCC[C@]56[C@H]2[C@@H]43. The van der Waals surface area contributed by atoms with Crippen LogP contribution < -0.4 is 11.4 Å². The van der Waals surface area contributed by atoms with Crippen LogP contribution in [-0.4, -0.2) is 25.4 Å². The van der Waals surface area contributed by atoms with Crippen molar-refractivity contribution in [3.63, 3.8) is 0 Å². The summed E-state index contributed by atoms with van der Waals surface area (Å²) in [6, 6.07) is 10.0. The van der Waals surface area contributed by atoms with Crippen LogP contribution in [0.2, 0.25) is 0 Å². The number of hydrogen-bond acceptors (Lipinski definition) is 3. The Morgan fingerprint density at radius 2 is 1.42 bits per heavy atom. The van der Waals surface area contributed by atoms with E-state index in [1.807, 2.05) is 39.7 Å². The molecule has 2 aromatic rings. The summed E-state index contributed by atoms with van der Waals surface area (Å²) < 4.78 is 5.29. The molecule has 7 aliphatic rings. The second-order valence-electron chi connectivity index (χ2n) is 9.22. The number of rotatable bonds is 1. The summed E-state index contributed by atoms with van der Waals surface area (Å²) in [4.78, 5) is 26.8. The largest absolute Gasteiger partial charge is 0.352 e. The van der Waals surface area contributed by atoms with Gasteiger partial charge in [-0.25, -0.2) is 23.5 Å². The molecule has 4 aliphatic carbocycles. The summed E-state index contributed by atoms with van der Waals surface area (Å²) in [5.41, 5.74) is 1.17. The quantitative estimate of drug-likeness (QED) is 0.776. The van der Waals surface area contributed by atoms with E-state index >= 15 is 0 Å². The number of hydrogen-bond donors (Lipinski definition) is 0. The van der Waals surface area contributed by atoms with E-state index in [9.17, 15) is 9.59 Å². The summed E-state index contributed by atoms with van der Waals surface area (Å²) in [7, 11) is 0. The summed E-state index contributed by atoms with van der Waals surface area (Å²) in [6.45, 7) is 0. The summed E-state index contributed by atoms with van der Waals surface area (Å²) >= 11 is 2.08. The second-order valence-corrected chi connectivity index (χ2v) is 10.4. The molecule has 1 aromatic carbocycles. The Hall–Kier alpha value is -1.69. The van der Waals surface area contributed by atoms with Crippen molar-refractivity contribution in [2.75, 3.05) is 11.5 Å². The third-order valence-corrected chi connectivity index (χ3v) is 10.1. The van der Waals surface area contributed by atoms with Crippen LogP contribution in [0.4, 0.5) is 0 Å². The molecular formula is C20H19N3O2S. The Kier molecular flexibility index (Phi) is 1.90. The summed E-state index contributed by atoms with van der Waals surface area (Å²) in [5, 5.41) is 0. The van der Waals surface area contributed by atoms with Gasteiger partial charge >= 0.3 is 11.4 Å². The van der Waals surface area contributed by atoms with Crippen LogP contribution in [0.15, 0.2) is 39.9 Å². The first kappa shape index (κ1) is 13.5. The van der Waals surface area contributed by atoms with E-state index in [4.69, 9.17) is 0 Å². The van der Waals surface area contributed by atoms with Crippen LogP contribution >= 0.6 is 11.8 Å². The van der Waals surface area contributed by atoms with Crippen LogP contribution in [-0.2, 0) is 0 Å². The average Bonchev–Trinajstić information content (AvgIpc) is 3.42. The van der Waals surface area contributed by atoms with Crippen molar-refractivity contribution in [3.8, 4) is 5.69 Å². The molecule has 5 fully saturated rings. The molecule has 2 bridgehead atoms. The minimum absolute atomic E-state index is 0.104. The van der Waals surface area contributed by atoms with Crippen molar-refractivity contribution in [2.24, 2.45) is 34.5 Å². The van der Waals surface area contributed by atoms with Gasteiger partial charge < -0.3 is 0 Å². The first-order chi connectivity index (χ1) is 12.7. The van der Waals surface area contributed by atoms with Crippen molar-refractivity contribution in [2.45, 2.75) is 24.9 Å². The zero-order chi connectivity index (χ0) is 17.0. The number of thioether (sulfide) groups is 1. The van der Waals surface area contributed by atoms with Crippen molar-refractivity contribution in [1.82, 2.24) is 13.9 Å². The molecule has 8 atom stereocenters. The van der Waals surface area contributed by atoms with E-state index in [1.54, 1.807) is 0 Å². The summed E-state index contributed by atoms with van der Waals surface area (Å²) in [5.74, 6) is 5.42. The molecule has 9 rings (SSSR count). The highest BCUT2D eigenvalue weighted by Crippen LogP contribution is 3.04. The number of para-hydroxylation sites is 1. The highest BCUT2D eigenvalue weighted by molar-refractivity contribution is 7.99. The smallest absolute Gasteiger partial charge is 0.245 e. The molecule has 4 heterocycles. The maximum Gasteiger partial charge on any atom is 0.352 e. The molecule has 1 saturated heterocycles. The zero-order valence-electron chi connectivity index (χ0n) is 14.2. The lowest BCUT2D eigenvalue weighted by atomic mass is 9.69. The summed E-state index contributed by atoms with van der Waals surface area (Å²) in [6.07, 6.45) is 2.50. The molecule has 6 heteroatoms. The third kappa shape index (κ3) is 0.987. The monoisotopic (exact) mass is 365 g/mol. The zero-order valence-corrected chi connectivity index (χ0v) is 15.1. The van der Waals surface area contributed by atoms with Crippen molar-refractivity contribution >= 4 is 11.8 Å². The Balaban J connectivity index is 1.45. The molecule has 4 saturated carbocycles. The second kappa shape index (κ2) is 3.66. The topological polar surface area (TPSA) is 48.9 Å². The first-order valence-electron chi connectivity index (χ1n) is 9.84. The lowest BCUT2D eigenvalue weighted by molar-refractivity contribution is -0.00192. The van der Waals surface area contributed by atoms with E-state index < -0.39 is 0 Å². The number of nitrogens with zero attached hydrogens (tertiary/aromatic N) is 3. The van der Waals surface area contributed by atoms with Crippen LogP contribution in [0.5, 0.6) is 0 Å². The van der Waals surface area contributed by atoms with Gasteiger partial charge in [0.05, 0.1) is 17.8 Å². The van der Waals surface area contributed by atoms with Crippen molar-refractivity contribution in [3.05, 3.63) is 51.3 Å². The van der Waals surface area contributed by atoms with Gasteiger partial charge in [-0.2, -0.15) is 11.8 Å². The van der Waals surface area contributed by atoms with Crippen LogP contribution in [0, 0.1) is 34.5 Å². The minimum atomic E-state index is -0.104. The van der Waals surface area contributed by atoms with Crippen LogP contribution in [0.1, 0.15) is 24.9 Å². The first-order valence-corrected chi connectivity index (χ1v) is 11.0. The van der Waals surface area contributed by atoms with E-state index in [0.717, 1.165) is 11.8 Å². The average molecular weight is 365 g/mol. The van der Waals surface area contributed by atoms with Gasteiger partial charge in [0, 0.05) is 10.8 Å². The fraction of sp³-hybridized carbons (Fsp3) is 0.600. The Morgan fingerprint density at radius 3 is 2.00 bits per heavy atom. The van der Waals surface area contributed by atoms with E-state index in [0.29, 0.717) is 28.4 Å². The highest BCUT2D eigenvalue weighted by Gasteiger charge is 3.02. The van der Waals surface area contributed by atoms with Gasteiger partial charge in [0.1, 0.15) is 0 Å². The molecule has 3 aliphatic heterocycles. The maximum absolute atomic E-state index is 13.4. The molecule has 5 nitrogen and oxygen atoms in total. The Morgan fingerprint density at radius 1 is 0.846 bits per heavy atom. The van der Waals surface area contributed by atoms with E-state index in [1.165, 1.54) is 28.9 Å². The highest BCUT2D eigenvalue weighted by atomic mass is 32.2. The van der Waals surface area contributed by atoms with E-state index in [2.05, 4.69) is 11.8 Å². The Labute approximate surface area is 154 Å². The fourth-order valence-electron chi connectivity index (χ4n) is 8.84. The lowest BCUT2D eigenvalue weighted by Gasteiger charge is -2.47. The normalized spacial score (nSPS) is 50.2. The van der Waals surface area contributed by atoms with Gasteiger partial charge in [-0.1, -0.05) is 18.2 Å². The number of aromatic nitrogens is 3. The predicted molar refractivity (Wildman–Crippen MR) is 97.7 cm³/mol. The molecule has 1 aromatic heterocycles. The molecule has 0 radical (unpaired) electrons. The molecule has 0 N–H and O–H groups in total. The molecule has 26 heavy (non-hydrogen) atoms. The fourth-order valence-corrected chi connectivity index (χ4v) is 10.0. The lowest BCUT2D eigenvalue weighted by Crippen LogP contribution is -2.52. The van der Waals surface area contributed by atoms with E-state index in [-0.39, 0.29) is 23.5 Å². The van der Waals surface area contributed by atoms with Crippen LogP contribution in [0.3, 0.4) is 0 Å². The standard InChI is InChI=1S/C20H19N3O2S/c24-17-21(10-4-2-1-3-5-10)18(25)23-16-13-11-12(13)15(22(17)23)19-6-8-26-9-7-20(16,19)14(11)19/h1-5,11-16H,6-9H2/t11?,12-,13-,14?,15+,16+,19-,20+/m0/s1. The molecule has 2 spiro atoms. The van der Waals surface area contributed by atoms with Gasteiger partial charge in [0.15, 0.2) is 0 Å². The van der Waals surface area contributed by atoms with Crippen LogP contribution in [0.25, 0.3) is 5.69 Å². The third-order valence-electron chi connectivity index (χ3n) is 9.12. The van der Waals surface area contributed by atoms with Gasteiger partial charge in [0.25, 0.3) is 0 Å². The minimum Gasteiger partial charge on any atom is -0.245 e. The Bertz CT molecular complexity index is 1070. The van der Waals surface area contributed by atoms with Crippen molar-refractivity contribution in [1.29, 1.82) is 0 Å². The number of benzene rings is 1. The predicted octanol–water partition coefficient (Wildman–Crippen LogP) is 1.92. The maximum atomic E-state index is 13.4. The van der Waals surface area contributed by atoms with Gasteiger partial charge in [0.2, 0.25) is 0 Å². The molecule has 2 unspecified atom stereocenters. The molecule has 0 amide bonds. The molecular weight excluding hydrogens is 346 g/mol.